The average molecular weight is 296 g/mol. The molecule has 2 rings (SSSR count). The summed E-state index contributed by atoms with van der Waals surface area (Å²) in [6.07, 6.45) is -0.0723. The first-order valence-corrected chi connectivity index (χ1v) is 6.59. The number of hydrogen-bond acceptors (Lipinski definition) is 4. The Kier molecular flexibility index (Phi) is 4.87. The van der Waals surface area contributed by atoms with Crippen molar-refractivity contribution < 1.29 is 23.8 Å². The van der Waals surface area contributed by atoms with Crippen molar-refractivity contribution in [3.63, 3.8) is 0 Å². The molecule has 0 aromatic heterocycles. The Labute approximate surface area is 121 Å². The molecule has 1 saturated heterocycles. The molecule has 1 amide bonds. The molecule has 1 aromatic rings. The molecule has 1 aromatic carbocycles. The van der Waals surface area contributed by atoms with Crippen LogP contribution in [-0.2, 0) is 16.1 Å². The van der Waals surface area contributed by atoms with Crippen LogP contribution in [0.3, 0.4) is 0 Å². The van der Waals surface area contributed by atoms with Crippen LogP contribution in [0.25, 0.3) is 0 Å². The number of amides is 1. The lowest BCUT2D eigenvalue weighted by molar-refractivity contribution is -0.140. The number of primary amides is 1. The minimum atomic E-state index is -0.929. The molecule has 7 heteroatoms. The number of hydrogen-bond donors (Lipinski definition) is 2. The maximum Gasteiger partial charge on any atom is 0.305 e. The summed E-state index contributed by atoms with van der Waals surface area (Å²) in [4.78, 5) is 23.9. The van der Waals surface area contributed by atoms with E-state index in [4.69, 9.17) is 15.6 Å². The van der Waals surface area contributed by atoms with Gasteiger partial charge in [0, 0.05) is 30.3 Å². The van der Waals surface area contributed by atoms with Crippen molar-refractivity contribution in [1.29, 1.82) is 0 Å². The molecule has 1 aliphatic heterocycles. The summed E-state index contributed by atoms with van der Waals surface area (Å²) in [6.45, 7) is 1.49. The van der Waals surface area contributed by atoms with Crippen LogP contribution in [0.5, 0.6) is 0 Å². The number of benzene rings is 1. The number of carbonyl (C=O) groups excluding carboxylic acids is 1. The minimum Gasteiger partial charge on any atom is -0.481 e. The van der Waals surface area contributed by atoms with E-state index in [9.17, 15) is 14.0 Å². The van der Waals surface area contributed by atoms with Crippen LogP contribution >= 0.6 is 0 Å². The van der Waals surface area contributed by atoms with Gasteiger partial charge in [-0.2, -0.15) is 0 Å². The maximum absolute atomic E-state index is 13.9. The molecular weight excluding hydrogens is 279 g/mol. The first-order valence-electron chi connectivity index (χ1n) is 6.59. The van der Waals surface area contributed by atoms with E-state index in [-0.39, 0.29) is 24.6 Å². The number of carbonyl (C=O) groups is 2. The summed E-state index contributed by atoms with van der Waals surface area (Å²) in [5.74, 6) is -2.00. The predicted octanol–water partition coefficient (Wildman–Crippen LogP) is 0.600. The molecular formula is C14H17FN2O4. The van der Waals surface area contributed by atoms with E-state index in [1.807, 2.05) is 4.90 Å². The number of halogens is 1. The van der Waals surface area contributed by atoms with E-state index < -0.39 is 17.7 Å². The van der Waals surface area contributed by atoms with Gasteiger partial charge in [0.1, 0.15) is 5.82 Å². The van der Waals surface area contributed by atoms with E-state index in [2.05, 4.69) is 0 Å². The van der Waals surface area contributed by atoms with Crippen molar-refractivity contribution in [1.82, 2.24) is 4.90 Å². The summed E-state index contributed by atoms with van der Waals surface area (Å²) >= 11 is 0. The second kappa shape index (κ2) is 6.64. The van der Waals surface area contributed by atoms with Gasteiger partial charge >= 0.3 is 5.97 Å². The third-order valence-electron chi connectivity index (χ3n) is 3.46. The topological polar surface area (TPSA) is 92.9 Å². The molecule has 1 fully saturated rings. The van der Waals surface area contributed by atoms with Crippen LogP contribution in [0, 0.1) is 5.82 Å². The Morgan fingerprint density at radius 1 is 1.48 bits per heavy atom. The standard InChI is InChI=1S/C14H17FN2O4/c15-12-2-1-9(14(16)20)5-10(12)7-17-3-4-21-8-11(17)6-13(18)19/h1-2,5,11H,3-4,6-8H2,(H2,16,20)(H,18,19). The fraction of sp³-hybridized carbons (Fsp3) is 0.429. The van der Waals surface area contributed by atoms with Gasteiger partial charge in [0.15, 0.2) is 0 Å². The number of nitrogens with two attached hydrogens (primary N) is 1. The van der Waals surface area contributed by atoms with Crippen LogP contribution in [0.1, 0.15) is 22.3 Å². The van der Waals surface area contributed by atoms with Gasteiger partial charge in [0.25, 0.3) is 0 Å². The van der Waals surface area contributed by atoms with Crippen molar-refractivity contribution in [3.05, 3.63) is 35.1 Å². The Bertz CT molecular complexity index is 550. The first kappa shape index (κ1) is 15.4. The Morgan fingerprint density at radius 3 is 2.90 bits per heavy atom. The lowest BCUT2D eigenvalue weighted by Gasteiger charge is -2.34. The predicted molar refractivity (Wildman–Crippen MR) is 72.2 cm³/mol. The maximum atomic E-state index is 13.9. The second-order valence-corrected chi connectivity index (χ2v) is 4.97. The number of carboxylic acid groups (broad SMARTS) is 1. The van der Waals surface area contributed by atoms with Gasteiger partial charge in [-0.05, 0) is 18.2 Å². The molecule has 21 heavy (non-hydrogen) atoms. The van der Waals surface area contributed by atoms with Crippen LogP contribution in [0.2, 0.25) is 0 Å². The summed E-state index contributed by atoms with van der Waals surface area (Å²) < 4.78 is 19.1. The quantitative estimate of drug-likeness (QED) is 0.830. The fourth-order valence-corrected chi connectivity index (χ4v) is 2.35. The molecule has 3 N–H and O–H groups in total. The molecule has 1 unspecified atom stereocenters. The van der Waals surface area contributed by atoms with Crippen molar-refractivity contribution in [2.75, 3.05) is 19.8 Å². The highest BCUT2D eigenvalue weighted by Gasteiger charge is 2.26. The molecule has 114 valence electrons. The van der Waals surface area contributed by atoms with Crippen LogP contribution in [-0.4, -0.2) is 47.7 Å². The van der Waals surface area contributed by atoms with Gasteiger partial charge in [-0.25, -0.2) is 4.39 Å². The zero-order valence-corrected chi connectivity index (χ0v) is 11.4. The van der Waals surface area contributed by atoms with E-state index >= 15 is 0 Å². The SMILES string of the molecule is NC(=O)c1ccc(F)c(CN2CCOCC2CC(=O)O)c1. The first-order chi connectivity index (χ1) is 9.97. The Morgan fingerprint density at radius 2 is 2.24 bits per heavy atom. The van der Waals surface area contributed by atoms with E-state index in [1.54, 1.807) is 0 Å². The normalized spacial score (nSPS) is 19.4. The summed E-state index contributed by atoms with van der Waals surface area (Å²) in [6, 6.07) is 3.62. The Balaban J connectivity index is 2.16. The molecule has 1 atom stereocenters. The van der Waals surface area contributed by atoms with Crippen molar-refractivity contribution in [2.45, 2.75) is 19.0 Å². The third kappa shape index (κ3) is 3.99. The molecule has 0 saturated carbocycles. The molecule has 0 spiro atoms. The molecule has 1 heterocycles. The monoisotopic (exact) mass is 296 g/mol. The van der Waals surface area contributed by atoms with Gasteiger partial charge in [0.05, 0.1) is 19.6 Å². The molecule has 0 radical (unpaired) electrons. The van der Waals surface area contributed by atoms with Crippen molar-refractivity contribution in [2.24, 2.45) is 5.73 Å². The number of nitrogens with zero attached hydrogens (tertiary/aromatic N) is 1. The number of ether oxygens (including phenoxy) is 1. The van der Waals surface area contributed by atoms with Gasteiger partial charge in [0.2, 0.25) is 5.91 Å². The Hall–Kier alpha value is -1.99. The third-order valence-corrected chi connectivity index (χ3v) is 3.46. The summed E-state index contributed by atoms with van der Waals surface area (Å²) in [7, 11) is 0. The zero-order chi connectivity index (χ0) is 15.4. The van der Waals surface area contributed by atoms with E-state index in [0.717, 1.165) is 0 Å². The fourth-order valence-electron chi connectivity index (χ4n) is 2.35. The van der Waals surface area contributed by atoms with Gasteiger partial charge in [-0.15, -0.1) is 0 Å². The van der Waals surface area contributed by atoms with Crippen molar-refractivity contribution in [3.8, 4) is 0 Å². The number of carboxylic acids is 1. The summed E-state index contributed by atoms with van der Waals surface area (Å²) in [5, 5.41) is 8.90. The highest BCUT2D eigenvalue weighted by Crippen LogP contribution is 2.18. The lowest BCUT2D eigenvalue weighted by atomic mass is 10.1. The minimum absolute atomic E-state index is 0.0723. The molecule has 0 aliphatic carbocycles. The van der Waals surface area contributed by atoms with Gasteiger partial charge in [-0.1, -0.05) is 0 Å². The van der Waals surface area contributed by atoms with E-state index in [0.29, 0.717) is 25.3 Å². The number of aliphatic carboxylic acids is 1. The lowest BCUT2D eigenvalue weighted by Crippen LogP contribution is -2.46. The van der Waals surface area contributed by atoms with Crippen LogP contribution < -0.4 is 5.73 Å². The van der Waals surface area contributed by atoms with Gasteiger partial charge < -0.3 is 15.6 Å². The largest absolute Gasteiger partial charge is 0.481 e. The molecule has 0 bridgehead atoms. The number of rotatable bonds is 5. The highest BCUT2D eigenvalue weighted by molar-refractivity contribution is 5.92. The second-order valence-electron chi connectivity index (χ2n) is 4.97. The average Bonchev–Trinajstić information content (AvgIpc) is 2.42. The number of morpholine rings is 1. The van der Waals surface area contributed by atoms with Crippen LogP contribution in [0.15, 0.2) is 18.2 Å². The smallest absolute Gasteiger partial charge is 0.305 e. The van der Waals surface area contributed by atoms with Crippen molar-refractivity contribution >= 4 is 11.9 Å². The van der Waals surface area contributed by atoms with Gasteiger partial charge in [-0.3, -0.25) is 14.5 Å². The molecule has 1 aliphatic rings. The van der Waals surface area contributed by atoms with Crippen LogP contribution in [0.4, 0.5) is 4.39 Å². The zero-order valence-electron chi connectivity index (χ0n) is 11.4. The summed E-state index contributed by atoms with van der Waals surface area (Å²) in [5.41, 5.74) is 5.74. The highest BCUT2D eigenvalue weighted by atomic mass is 19.1. The van der Waals surface area contributed by atoms with E-state index in [1.165, 1.54) is 18.2 Å². The molecule has 6 nitrogen and oxygen atoms in total.